The Morgan fingerprint density at radius 3 is 2.70 bits per heavy atom. The number of nitrogens with one attached hydrogen (secondary N) is 1. The Morgan fingerprint density at radius 1 is 1.11 bits per heavy atom. The molecule has 6 nitrogen and oxygen atoms in total. The Hall–Kier alpha value is -2.64. The van der Waals surface area contributed by atoms with Crippen LogP contribution in [0.3, 0.4) is 0 Å². The zero-order chi connectivity index (χ0) is 18.6. The Labute approximate surface area is 161 Å². The van der Waals surface area contributed by atoms with Crippen LogP contribution in [-0.2, 0) is 0 Å². The van der Waals surface area contributed by atoms with Crippen molar-refractivity contribution in [3.63, 3.8) is 0 Å². The summed E-state index contributed by atoms with van der Waals surface area (Å²) in [4.78, 5) is 29.2. The number of thiophene rings is 1. The van der Waals surface area contributed by atoms with Crippen LogP contribution in [0.5, 0.6) is 0 Å². The number of carbonyl (C=O) groups is 1. The number of hydrogen-bond acceptors (Lipinski definition) is 6. The van der Waals surface area contributed by atoms with Gasteiger partial charge >= 0.3 is 5.63 Å². The standard InChI is InChI=1S/C20H21N3O3S/c24-19-14-16(15-4-1-2-5-17(15)26-19)21-7-8-22-9-11-23(12-10-22)20(25)18-6-3-13-27-18/h1-6,13-14,21H,7-12H2. The summed E-state index contributed by atoms with van der Waals surface area (Å²) in [5.41, 5.74) is 1.04. The minimum atomic E-state index is -0.350. The first kappa shape index (κ1) is 17.8. The molecule has 0 aliphatic carbocycles. The molecule has 1 amide bonds. The first-order valence-electron chi connectivity index (χ1n) is 9.02. The van der Waals surface area contributed by atoms with Gasteiger partial charge in [0.15, 0.2) is 0 Å². The summed E-state index contributed by atoms with van der Waals surface area (Å²) in [6, 6.07) is 12.8. The van der Waals surface area contributed by atoms with Gasteiger partial charge in [-0.2, -0.15) is 0 Å². The predicted molar refractivity (Wildman–Crippen MR) is 108 cm³/mol. The lowest BCUT2D eigenvalue weighted by atomic mass is 10.2. The highest BCUT2D eigenvalue weighted by Gasteiger charge is 2.22. The fraction of sp³-hybridized carbons (Fsp3) is 0.300. The molecular formula is C20H21N3O3S. The van der Waals surface area contributed by atoms with Crippen molar-refractivity contribution in [1.29, 1.82) is 0 Å². The molecule has 1 fully saturated rings. The van der Waals surface area contributed by atoms with E-state index in [4.69, 9.17) is 4.42 Å². The molecule has 1 aromatic carbocycles. The third kappa shape index (κ3) is 4.04. The number of carbonyl (C=O) groups excluding carboxylic acids is 1. The fourth-order valence-corrected chi connectivity index (χ4v) is 4.03. The van der Waals surface area contributed by atoms with E-state index in [1.807, 2.05) is 40.6 Å². The number of anilines is 1. The fourth-order valence-electron chi connectivity index (χ4n) is 3.34. The molecule has 0 radical (unpaired) electrons. The summed E-state index contributed by atoms with van der Waals surface area (Å²) in [7, 11) is 0. The molecule has 1 saturated heterocycles. The summed E-state index contributed by atoms with van der Waals surface area (Å²) in [6.45, 7) is 4.79. The van der Waals surface area contributed by atoms with E-state index in [2.05, 4.69) is 10.2 Å². The molecule has 7 heteroatoms. The van der Waals surface area contributed by atoms with Crippen molar-refractivity contribution < 1.29 is 9.21 Å². The van der Waals surface area contributed by atoms with Crippen LogP contribution >= 0.6 is 11.3 Å². The van der Waals surface area contributed by atoms with E-state index in [0.29, 0.717) is 5.58 Å². The Morgan fingerprint density at radius 2 is 1.93 bits per heavy atom. The summed E-state index contributed by atoms with van der Waals surface area (Å²) >= 11 is 1.49. The van der Waals surface area contributed by atoms with Crippen LogP contribution in [0.1, 0.15) is 9.67 Å². The smallest absolute Gasteiger partial charge is 0.338 e. The number of rotatable bonds is 5. The van der Waals surface area contributed by atoms with Gasteiger partial charge in [0.1, 0.15) is 5.58 Å². The highest BCUT2D eigenvalue weighted by molar-refractivity contribution is 7.12. The van der Waals surface area contributed by atoms with Crippen molar-refractivity contribution in [3.05, 3.63) is 63.1 Å². The van der Waals surface area contributed by atoms with Gasteiger partial charge in [-0.15, -0.1) is 11.3 Å². The largest absolute Gasteiger partial charge is 0.423 e. The molecule has 3 aromatic rings. The molecule has 0 spiro atoms. The number of para-hydroxylation sites is 1. The average Bonchev–Trinajstić information content (AvgIpc) is 3.22. The van der Waals surface area contributed by atoms with E-state index < -0.39 is 0 Å². The van der Waals surface area contributed by atoms with E-state index in [1.165, 1.54) is 17.4 Å². The maximum Gasteiger partial charge on any atom is 0.338 e. The van der Waals surface area contributed by atoms with Crippen LogP contribution in [-0.4, -0.2) is 55.0 Å². The second-order valence-corrected chi connectivity index (χ2v) is 7.46. The van der Waals surface area contributed by atoms with Crippen molar-refractivity contribution in [3.8, 4) is 0 Å². The van der Waals surface area contributed by atoms with Gasteiger partial charge in [0.2, 0.25) is 0 Å². The van der Waals surface area contributed by atoms with Gasteiger partial charge in [0.05, 0.1) is 10.6 Å². The second-order valence-electron chi connectivity index (χ2n) is 6.51. The quantitative estimate of drug-likeness (QED) is 0.687. The first-order valence-corrected chi connectivity index (χ1v) is 9.90. The van der Waals surface area contributed by atoms with Crippen LogP contribution in [0.2, 0.25) is 0 Å². The third-order valence-corrected chi connectivity index (χ3v) is 5.64. The number of benzene rings is 1. The highest BCUT2D eigenvalue weighted by Crippen LogP contribution is 2.20. The number of nitrogens with zero attached hydrogens (tertiary/aromatic N) is 2. The maximum absolute atomic E-state index is 12.4. The minimum Gasteiger partial charge on any atom is -0.423 e. The Bertz CT molecular complexity index is 976. The van der Waals surface area contributed by atoms with E-state index in [9.17, 15) is 9.59 Å². The van der Waals surface area contributed by atoms with Crippen molar-refractivity contribution in [2.45, 2.75) is 0 Å². The van der Waals surface area contributed by atoms with Gasteiger partial charge in [-0.1, -0.05) is 18.2 Å². The second kappa shape index (κ2) is 7.94. The number of amides is 1. The molecule has 2 aromatic heterocycles. The van der Waals surface area contributed by atoms with E-state index >= 15 is 0 Å². The van der Waals surface area contributed by atoms with E-state index in [1.54, 1.807) is 6.07 Å². The highest BCUT2D eigenvalue weighted by atomic mass is 32.1. The Balaban J connectivity index is 1.30. The zero-order valence-corrected chi connectivity index (χ0v) is 15.7. The van der Waals surface area contributed by atoms with Crippen molar-refractivity contribution in [2.24, 2.45) is 0 Å². The SMILES string of the molecule is O=C(c1cccs1)N1CCN(CCNc2cc(=O)oc3ccccc23)CC1. The van der Waals surface area contributed by atoms with Crippen LogP contribution in [0.4, 0.5) is 5.69 Å². The Kier molecular flexibility index (Phi) is 5.22. The maximum atomic E-state index is 12.4. The molecule has 0 bridgehead atoms. The molecule has 27 heavy (non-hydrogen) atoms. The zero-order valence-electron chi connectivity index (χ0n) is 14.9. The molecule has 1 aliphatic rings. The number of hydrogen-bond donors (Lipinski definition) is 1. The lowest BCUT2D eigenvalue weighted by molar-refractivity contribution is 0.0647. The number of piperazine rings is 1. The minimum absolute atomic E-state index is 0.130. The monoisotopic (exact) mass is 383 g/mol. The van der Waals surface area contributed by atoms with Crippen LogP contribution in [0, 0.1) is 0 Å². The summed E-state index contributed by atoms with van der Waals surface area (Å²) < 4.78 is 5.22. The van der Waals surface area contributed by atoms with Gasteiger partial charge in [0.25, 0.3) is 5.91 Å². The predicted octanol–water partition coefficient (Wildman–Crippen LogP) is 2.72. The van der Waals surface area contributed by atoms with Gasteiger partial charge in [-0.25, -0.2) is 4.79 Å². The molecule has 1 N–H and O–H groups in total. The third-order valence-electron chi connectivity index (χ3n) is 4.78. The average molecular weight is 383 g/mol. The van der Waals surface area contributed by atoms with Gasteiger partial charge in [0, 0.05) is 50.7 Å². The summed E-state index contributed by atoms with van der Waals surface area (Å²) in [5, 5.41) is 6.19. The molecule has 0 atom stereocenters. The normalized spacial score (nSPS) is 15.2. The van der Waals surface area contributed by atoms with E-state index in [-0.39, 0.29) is 11.5 Å². The molecule has 140 valence electrons. The van der Waals surface area contributed by atoms with Crippen molar-refractivity contribution in [2.75, 3.05) is 44.6 Å². The van der Waals surface area contributed by atoms with Gasteiger partial charge in [-0.05, 0) is 23.6 Å². The lowest BCUT2D eigenvalue weighted by Gasteiger charge is -2.34. The lowest BCUT2D eigenvalue weighted by Crippen LogP contribution is -2.49. The van der Waals surface area contributed by atoms with Crippen LogP contribution in [0.15, 0.2) is 57.1 Å². The van der Waals surface area contributed by atoms with Crippen molar-refractivity contribution >= 4 is 33.9 Å². The number of fused-ring (bicyclic) bond motifs is 1. The molecule has 0 saturated carbocycles. The first-order chi connectivity index (χ1) is 13.2. The van der Waals surface area contributed by atoms with Crippen molar-refractivity contribution in [1.82, 2.24) is 9.80 Å². The van der Waals surface area contributed by atoms with Crippen LogP contribution < -0.4 is 10.9 Å². The molecule has 0 unspecified atom stereocenters. The van der Waals surface area contributed by atoms with Gasteiger partial charge < -0.3 is 14.6 Å². The van der Waals surface area contributed by atoms with Gasteiger partial charge in [-0.3, -0.25) is 9.69 Å². The topological polar surface area (TPSA) is 65.8 Å². The molecule has 4 rings (SSSR count). The van der Waals surface area contributed by atoms with E-state index in [0.717, 1.165) is 55.2 Å². The summed E-state index contributed by atoms with van der Waals surface area (Å²) in [6.07, 6.45) is 0. The molecule has 1 aliphatic heterocycles. The van der Waals surface area contributed by atoms with Crippen LogP contribution in [0.25, 0.3) is 11.0 Å². The molecule has 3 heterocycles. The summed E-state index contributed by atoms with van der Waals surface area (Å²) in [5.74, 6) is 0.130. The molecular weight excluding hydrogens is 362 g/mol.